The van der Waals surface area contributed by atoms with Crippen molar-refractivity contribution >= 4 is 41.8 Å². The predicted molar refractivity (Wildman–Crippen MR) is 242 cm³/mol. The van der Waals surface area contributed by atoms with E-state index in [1.165, 1.54) is 0 Å². The number of hydrogen-bond donors (Lipinski definition) is 6. The fourth-order valence-electron chi connectivity index (χ4n) is 7.84. The van der Waals surface area contributed by atoms with Gasteiger partial charge < -0.3 is 55.6 Å². The van der Waals surface area contributed by atoms with Crippen LogP contribution in [0.4, 0.5) is 14.4 Å². The molecule has 2 aliphatic heterocycles. The summed E-state index contributed by atoms with van der Waals surface area (Å²) in [7, 11) is 0. The van der Waals surface area contributed by atoms with E-state index in [1.807, 2.05) is 36.0 Å². The summed E-state index contributed by atoms with van der Waals surface area (Å²) in [6, 6.07) is 15.7. The van der Waals surface area contributed by atoms with E-state index in [2.05, 4.69) is 56.2 Å². The third-order valence-corrected chi connectivity index (χ3v) is 12.4. The first-order valence-electron chi connectivity index (χ1n) is 22.5. The highest BCUT2D eigenvalue weighted by Gasteiger charge is 2.42. The van der Waals surface area contributed by atoms with Gasteiger partial charge in [0.25, 0.3) is 0 Å². The Kier molecular flexibility index (Phi) is 20.6. The zero-order chi connectivity index (χ0) is 44.9. The van der Waals surface area contributed by atoms with Crippen molar-refractivity contribution in [2.75, 3.05) is 71.6 Å². The number of urea groups is 1. The number of thioether (sulfide) groups is 1. The predicted octanol–water partition coefficient (Wildman–Crippen LogP) is 5.38. The summed E-state index contributed by atoms with van der Waals surface area (Å²) >= 11 is 1.90. The molecule has 0 unspecified atom stereocenters. The quantitative estimate of drug-likeness (QED) is 0.0473. The van der Waals surface area contributed by atoms with Gasteiger partial charge in [0.1, 0.15) is 18.2 Å². The maximum Gasteiger partial charge on any atom is 0.407 e. The largest absolute Gasteiger partial charge is 0.449 e. The molecule has 2 fully saturated rings. The van der Waals surface area contributed by atoms with Gasteiger partial charge in [0.2, 0.25) is 11.8 Å². The van der Waals surface area contributed by atoms with Gasteiger partial charge in [0, 0.05) is 56.2 Å². The van der Waals surface area contributed by atoms with Crippen LogP contribution in [0.25, 0.3) is 11.1 Å². The monoisotopic (exact) mass is 896 g/mol. The van der Waals surface area contributed by atoms with Crippen molar-refractivity contribution < 1.29 is 47.7 Å². The average molecular weight is 897 g/mol. The van der Waals surface area contributed by atoms with Crippen molar-refractivity contribution in [2.24, 2.45) is 0 Å². The second kappa shape index (κ2) is 26.3. The maximum atomic E-state index is 13.3. The highest BCUT2D eigenvalue weighted by atomic mass is 32.2. The Morgan fingerprint density at radius 1 is 0.730 bits per heavy atom. The van der Waals surface area contributed by atoms with Gasteiger partial charge in [-0.2, -0.15) is 11.8 Å². The Hall–Kier alpha value is -4.58. The lowest BCUT2D eigenvalue weighted by Gasteiger charge is -2.21. The number of rotatable bonds is 28. The molecule has 6 N–H and O–H groups in total. The van der Waals surface area contributed by atoms with Gasteiger partial charge in [-0.15, -0.1) is 0 Å². The summed E-state index contributed by atoms with van der Waals surface area (Å²) in [5.41, 5.74) is 3.86. The third-order valence-electron chi connectivity index (χ3n) is 10.9. The molecule has 6 amide bonds. The summed E-state index contributed by atoms with van der Waals surface area (Å²) in [5, 5.41) is 17.7. The van der Waals surface area contributed by atoms with Gasteiger partial charge in [-0.1, -0.05) is 55.0 Å². The molecule has 2 saturated heterocycles. The summed E-state index contributed by atoms with van der Waals surface area (Å²) < 4.78 is 27.9. The van der Waals surface area contributed by atoms with Crippen molar-refractivity contribution in [1.29, 1.82) is 0 Å². The number of benzene rings is 2. The molecule has 0 aromatic heterocycles. The Labute approximate surface area is 376 Å². The first-order valence-corrected chi connectivity index (χ1v) is 23.6. The van der Waals surface area contributed by atoms with Crippen LogP contribution in [-0.2, 0) is 33.3 Å². The zero-order valence-corrected chi connectivity index (χ0v) is 38.0. The van der Waals surface area contributed by atoms with E-state index in [0.29, 0.717) is 96.6 Å². The van der Waals surface area contributed by atoms with Crippen LogP contribution in [0.15, 0.2) is 48.5 Å². The molecule has 2 aromatic carbocycles. The molecule has 0 saturated carbocycles. The molecule has 2 heterocycles. The lowest BCUT2D eigenvalue weighted by molar-refractivity contribution is -0.123. The number of nitrogens with one attached hydrogen (secondary N) is 6. The summed E-state index contributed by atoms with van der Waals surface area (Å²) in [6.07, 6.45) is 4.93. The van der Waals surface area contributed by atoms with E-state index in [1.54, 1.807) is 20.8 Å². The Morgan fingerprint density at radius 2 is 1.35 bits per heavy atom. The van der Waals surface area contributed by atoms with Crippen LogP contribution in [0, 0.1) is 0 Å². The van der Waals surface area contributed by atoms with Crippen LogP contribution in [0.2, 0.25) is 0 Å². The van der Waals surface area contributed by atoms with Crippen molar-refractivity contribution in [2.45, 2.75) is 113 Å². The molecule has 4 atom stereocenters. The van der Waals surface area contributed by atoms with E-state index >= 15 is 0 Å². The van der Waals surface area contributed by atoms with Gasteiger partial charge >= 0.3 is 18.2 Å². The SMILES string of the molecule is CC(C)(C)OC(=O)NCCCC[C@H](NC(=O)OCC1c2ccccc2-c2ccccc21)C(=O)NCCCOCCOCCOCCCNC(=O)CCCC[C@@H]1SC[C@@H]2NC(=O)N[C@@H]21. The molecule has 1 aliphatic carbocycles. The Morgan fingerprint density at radius 3 is 2.02 bits per heavy atom. The van der Waals surface area contributed by atoms with Crippen LogP contribution < -0.4 is 31.9 Å². The molecule has 0 radical (unpaired) electrons. The van der Waals surface area contributed by atoms with E-state index in [0.717, 1.165) is 53.7 Å². The Balaban J connectivity index is 0.878. The first-order chi connectivity index (χ1) is 30.5. The molecule has 2 aromatic rings. The van der Waals surface area contributed by atoms with E-state index in [-0.39, 0.29) is 42.5 Å². The number of carbonyl (C=O) groups is 5. The second-order valence-corrected chi connectivity index (χ2v) is 18.3. The van der Waals surface area contributed by atoms with Gasteiger partial charge in [-0.25, -0.2) is 14.4 Å². The molecule has 0 bridgehead atoms. The highest BCUT2D eigenvalue weighted by molar-refractivity contribution is 8.00. The summed E-state index contributed by atoms with van der Waals surface area (Å²) in [5.74, 6) is 0.574. The van der Waals surface area contributed by atoms with Gasteiger partial charge in [0.05, 0.1) is 38.5 Å². The molecular weight excluding hydrogens is 829 g/mol. The molecule has 0 spiro atoms. The minimum Gasteiger partial charge on any atom is -0.449 e. The maximum absolute atomic E-state index is 13.3. The van der Waals surface area contributed by atoms with Crippen LogP contribution in [0.5, 0.6) is 0 Å². The van der Waals surface area contributed by atoms with E-state index in [4.69, 9.17) is 23.7 Å². The fraction of sp³-hybridized carbons (Fsp3) is 0.630. The highest BCUT2D eigenvalue weighted by Crippen LogP contribution is 2.44. The van der Waals surface area contributed by atoms with Crippen molar-refractivity contribution in [3.8, 4) is 11.1 Å². The minimum absolute atomic E-state index is 0.0546. The number of hydrogen-bond acceptors (Lipinski definition) is 11. The van der Waals surface area contributed by atoms with Crippen LogP contribution in [0.1, 0.15) is 95.6 Å². The lowest BCUT2D eigenvalue weighted by atomic mass is 9.98. The fourth-order valence-corrected chi connectivity index (χ4v) is 9.39. The van der Waals surface area contributed by atoms with Gasteiger partial charge in [-0.3, -0.25) is 9.59 Å². The molecular formula is C46H68N6O10S. The van der Waals surface area contributed by atoms with Gasteiger partial charge in [-0.05, 0) is 88.0 Å². The number of fused-ring (bicyclic) bond motifs is 4. The van der Waals surface area contributed by atoms with E-state index < -0.39 is 23.8 Å². The van der Waals surface area contributed by atoms with E-state index in [9.17, 15) is 24.0 Å². The number of alkyl carbamates (subject to hydrolysis) is 2. The van der Waals surface area contributed by atoms with Crippen molar-refractivity contribution in [3.63, 3.8) is 0 Å². The van der Waals surface area contributed by atoms with Crippen LogP contribution in [0.3, 0.4) is 0 Å². The third kappa shape index (κ3) is 17.1. The normalized spacial score (nSPS) is 18.0. The molecule has 17 heteroatoms. The Bertz CT molecular complexity index is 1730. The molecule has 3 aliphatic rings. The standard InChI is InChI=1S/C46H68N6O10S/c1-46(2,3)62-44(56)49-21-11-10-18-37(51-45(57)61-30-36-34-16-6-4-14-32(34)33-15-5-7-17-35(33)36)42(54)48-23-13-25-59-27-29-60-28-26-58-24-12-22-47-40(53)20-9-8-19-39-41-38(31-63-39)50-43(55)52-41/h4-7,14-17,36-39,41H,8-13,18-31H2,1-3H3,(H,47,53)(H,48,54)(H,49,56)(H,51,57)(H2,50,52,55)/t37-,38-,39-,41-/m0/s1. The molecule has 5 rings (SSSR count). The number of ether oxygens (including phenoxy) is 5. The summed E-state index contributed by atoms with van der Waals surface area (Å²) in [6.45, 7) is 9.46. The minimum atomic E-state index is -0.828. The van der Waals surface area contributed by atoms with Crippen LogP contribution in [-0.4, -0.2) is 131 Å². The number of carbonyl (C=O) groups excluding carboxylic acids is 5. The second-order valence-electron chi connectivity index (χ2n) is 17.0. The number of amides is 6. The molecule has 63 heavy (non-hydrogen) atoms. The number of unbranched alkanes of at least 4 members (excludes halogenated alkanes) is 2. The summed E-state index contributed by atoms with van der Waals surface area (Å²) in [4.78, 5) is 62.1. The van der Waals surface area contributed by atoms with Crippen molar-refractivity contribution in [3.05, 3.63) is 59.7 Å². The smallest absolute Gasteiger partial charge is 0.407 e. The molecule has 348 valence electrons. The van der Waals surface area contributed by atoms with Crippen LogP contribution >= 0.6 is 11.8 Å². The van der Waals surface area contributed by atoms with Crippen molar-refractivity contribution in [1.82, 2.24) is 31.9 Å². The zero-order valence-electron chi connectivity index (χ0n) is 37.1. The van der Waals surface area contributed by atoms with Gasteiger partial charge in [0.15, 0.2) is 0 Å². The topological polar surface area (TPSA) is 204 Å². The average Bonchev–Trinajstić information content (AvgIpc) is 3.92. The lowest BCUT2D eigenvalue weighted by Crippen LogP contribution is -2.47. The first kappa shape index (κ1) is 49.4. The molecule has 16 nitrogen and oxygen atoms in total.